The van der Waals surface area contributed by atoms with Gasteiger partial charge in [-0.3, -0.25) is 5.32 Å². The van der Waals surface area contributed by atoms with Gasteiger partial charge in [0.1, 0.15) is 5.75 Å². The maximum absolute atomic E-state index is 11.4. The van der Waals surface area contributed by atoms with Crippen LogP contribution in [0.5, 0.6) is 5.75 Å². The van der Waals surface area contributed by atoms with Gasteiger partial charge >= 0.3 is 6.09 Å². The molecule has 1 aromatic carbocycles. The van der Waals surface area contributed by atoms with Gasteiger partial charge in [-0.15, -0.1) is 0 Å². The highest BCUT2D eigenvalue weighted by Gasteiger charge is 2.05. The van der Waals surface area contributed by atoms with Gasteiger partial charge in [0.05, 0.1) is 18.1 Å². The second-order valence-corrected chi connectivity index (χ2v) is 3.41. The zero-order chi connectivity index (χ0) is 12.1. The summed E-state index contributed by atoms with van der Waals surface area (Å²) in [7, 11) is 0. The molecule has 0 radical (unpaired) electrons. The minimum atomic E-state index is -0.609. The van der Waals surface area contributed by atoms with E-state index in [4.69, 9.17) is 16.3 Å². The highest BCUT2D eigenvalue weighted by molar-refractivity contribution is 6.28. The van der Waals surface area contributed by atoms with Crippen molar-refractivity contribution >= 4 is 23.4 Å². The second kappa shape index (κ2) is 5.27. The van der Waals surface area contributed by atoms with Crippen LogP contribution in [-0.2, 0) is 0 Å². The number of para-hydroxylation sites is 1. The molecule has 0 spiro atoms. The fourth-order valence-electron chi connectivity index (χ4n) is 1.12. The lowest BCUT2D eigenvalue weighted by Gasteiger charge is -2.05. The first kappa shape index (κ1) is 11.3. The van der Waals surface area contributed by atoms with Gasteiger partial charge in [-0.05, 0) is 23.7 Å². The van der Waals surface area contributed by atoms with E-state index in [0.717, 1.165) is 0 Å². The Bertz CT molecular complexity index is 502. The second-order valence-electron chi connectivity index (χ2n) is 3.07. The van der Waals surface area contributed by atoms with Crippen molar-refractivity contribution in [2.75, 3.05) is 5.32 Å². The standard InChI is InChI=1S/C11H8ClN3O2/c12-10-13-6-8(7-14-10)15-11(16)17-9-4-2-1-3-5-9/h1-7H,(H,15,16). The molecule has 2 rings (SSSR count). The SMILES string of the molecule is O=C(Nc1cnc(Cl)nc1)Oc1ccccc1. The summed E-state index contributed by atoms with van der Waals surface area (Å²) in [6, 6.07) is 8.73. The number of aromatic nitrogens is 2. The number of carbonyl (C=O) groups is 1. The smallest absolute Gasteiger partial charge is 0.410 e. The molecule has 5 nitrogen and oxygen atoms in total. The topological polar surface area (TPSA) is 64.1 Å². The average Bonchev–Trinajstić information content (AvgIpc) is 2.33. The molecule has 1 N–H and O–H groups in total. The molecule has 17 heavy (non-hydrogen) atoms. The molecule has 0 saturated carbocycles. The fourth-order valence-corrected chi connectivity index (χ4v) is 1.21. The van der Waals surface area contributed by atoms with Crippen LogP contribution < -0.4 is 10.1 Å². The van der Waals surface area contributed by atoms with E-state index in [1.807, 2.05) is 6.07 Å². The Kier molecular flexibility index (Phi) is 3.52. The lowest BCUT2D eigenvalue weighted by atomic mass is 10.3. The molecule has 0 aliphatic rings. The van der Waals surface area contributed by atoms with Crippen LogP contribution >= 0.6 is 11.6 Å². The van der Waals surface area contributed by atoms with E-state index < -0.39 is 6.09 Å². The van der Waals surface area contributed by atoms with Gasteiger partial charge in [0.25, 0.3) is 0 Å². The lowest BCUT2D eigenvalue weighted by molar-refractivity contribution is 0.215. The highest BCUT2D eigenvalue weighted by Crippen LogP contribution is 2.11. The van der Waals surface area contributed by atoms with Crippen molar-refractivity contribution in [3.05, 3.63) is 48.0 Å². The normalized spacial score (nSPS) is 9.71. The van der Waals surface area contributed by atoms with E-state index in [-0.39, 0.29) is 5.28 Å². The number of benzene rings is 1. The van der Waals surface area contributed by atoms with Crippen LogP contribution in [0.15, 0.2) is 42.7 Å². The predicted molar refractivity (Wildman–Crippen MR) is 63.1 cm³/mol. The maximum Gasteiger partial charge on any atom is 0.417 e. The first-order chi connectivity index (χ1) is 8.24. The van der Waals surface area contributed by atoms with Crippen LogP contribution in [0.25, 0.3) is 0 Å². The Morgan fingerprint density at radius 2 is 1.82 bits per heavy atom. The van der Waals surface area contributed by atoms with E-state index in [0.29, 0.717) is 11.4 Å². The number of halogens is 1. The van der Waals surface area contributed by atoms with Crippen molar-refractivity contribution in [3.8, 4) is 5.75 Å². The minimum Gasteiger partial charge on any atom is -0.410 e. The Labute approximate surface area is 102 Å². The molecule has 0 saturated heterocycles. The van der Waals surface area contributed by atoms with Gasteiger partial charge in [0, 0.05) is 0 Å². The zero-order valence-corrected chi connectivity index (χ0v) is 9.39. The number of nitrogens with one attached hydrogen (secondary N) is 1. The summed E-state index contributed by atoms with van der Waals surface area (Å²) in [6.45, 7) is 0. The van der Waals surface area contributed by atoms with E-state index in [2.05, 4.69) is 15.3 Å². The van der Waals surface area contributed by atoms with Crippen molar-refractivity contribution in [1.82, 2.24) is 9.97 Å². The van der Waals surface area contributed by atoms with Crippen LogP contribution in [0.3, 0.4) is 0 Å². The fraction of sp³-hybridized carbons (Fsp3) is 0. The lowest BCUT2D eigenvalue weighted by Crippen LogP contribution is -2.16. The summed E-state index contributed by atoms with van der Waals surface area (Å²) >= 11 is 5.51. The van der Waals surface area contributed by atoms with E-state index >= 15 is 0 Å². The van der Waals surface area contributed by atoms with Gasteiger partial charge < -0.3 is 4.74 Å². The average molecular weight is 250 g/mol. The van der Waals surface area contributed by atoms with Crippen molar-refractivity contribution in [2.24, 2.45) is 0 Å². The van der Waals surface area contributed by atoms with Crippen LogP contribution in [-0.4, -0.2) is 16.1 Å². The molecule has 1 heterocycles. The molecule has 0 fully saturated rings. The Balaban J connectivity index is 1.96. The van der Waals surface area contributed by atoms with Gasteiger partial charge in [-0.25, -0.2) is 14.8 Å². The summed E-state index contributed by atoms with van der Waals surface area (Å²) in [5.41, 5.74) is 0.412. The molecule has 0 aliphatic heterocycles. The van der Waals surface area contributed by atoms with Crippen LogP contribution in [0.4, 0.5) is 10.5 Å². The number of anilines is 1. The van der Waals surface area contributed by atoms with Crippen LogP contribution in [0.2, 0.25) is 5.28 Å². The van der Waals surface area contributed by atoms with E-state index in [1.54, 1.807) is 24.3 Å². The van der Waals surface area contributed by atoms with Gasteiger partial charge in [0.15, 0.2) is 0 Å². The van der Waals surface area contributed by atoms with Crippen molar-refractivity contribution in [3.63, 3.8) is 0 Å². The maximum atomic E-state index is 11.4. The molecule has 0 atom stereocenters. The van der Waals surface area contributed by atoms with Crippen LogP contribution in [0.1, 0.15) is 0 Å². The first-order valence-corrected chi connectivity index (χ1v) is 5.13. The Morgan fingerprint density at radius 1 is 1.18 bits per heavy atom. The van der Waals surface area contributed by atoms with Gasteiger partial charge in [0.2, 0.25) is 5.28 Å². The predicted octanol–water partition coefficient (Wildman–Crippen LogP) is 2.74. The number of nitrogens with zero attached hydrogens (tertiary/aromatic N) is 2. The zero-order valence-electron chi connectivity index (χ0n) is 8.63. The summed E-state index contributed by atoms with van der Waals surface area (Å²) in [4.78, 5) is 18.9. The summed E-state index contributed by atoms with van der Waals surface area (Å²) in [5.74, 6) is 0.458. The number of amides is 1. The van der Waals surface area contributed by atoms with Gasteiger partial charge in [-0.2, -0.15) is 0 Å². The molecule has 2 aromatic rings. The van der Waals surface area contributed by atoms with Crippen LogP contribution in [0, 0.1) is 0 Å². The third-order valence-corrected chi connectivity index (χ3v) is 2.02. The molecule has 0 aliphatic carbocycles. The van der Waals surface area contributed by atoms with E-state index in [1.165, 1.54) is 12.4 Å². The Morgan fingerprint density at radius 3 is 2.47 bits per heavy atom. The van der Waals surface area contributed by atoms with E-state index in [9.17, 15) is 4.79 Å². The quantitative estimate of drug-likeness (QED) is 0.831. The first-order valence-electron chi connectivity index (χ1n) is 4.75. The molecule has 0 bridgehead atoms. The summed E-state index contributed by atoms with van der Waals surface area (Å²) < 4.78 is 5.01. The molecule has 1 amide bonds. The Hall–Kier alpha value is -2.14. The third kappa shape index (κ3) is 3.42. The van der Waals surface area contributed by atoms with Crippen molar-refractivity contribution in [2.45, 2.75) is 0 Å². The molecule has 1 aromatic heterocycles. The number of hydrogen-bond donors (Lipinski definition) is 1. The van der Waals surface area contributed by atoms with Crippen molar-refractivity contribution < 1.29 is 9.53 Å². The molecular formula is C11H8ClN3O2. The minimum absolute atomic E-state index is 0.118. The van der Waals surface area contributed by atoms with Crippen molar-refractivity contribution in [1.29, 1.82) is 0 Å². The molecular weight excluding hydrogens is 242 g/mol. The summed E-state index contributed by atoms with van der Waals surface area (Å²) in [5, 5.41) is 2.59. The molecule has 86 valence electrons. The third-order valence-electron chi connectivity index (χ3n) is 1.82. The molecule has 0 unspecified atom stereocenters. The summed E-state index contributed by atoms with van der Waals surface area (Å²) in [6.07, 6.45) is 2.17. The highest BCUT2D eigenvalue weighted by atomic mass is 35.5. The number of carbonyl (C=O) groups excluding carboxylic acids is 1. The van der Waals surface area contributed by atoms with Gasteiger partial charge in [-0.1, -0.05) is 18.2 Å². The number of ether oxygens (including phenoxy) is 1. The number of hydrogen-bond acceptors (Lipinski definition) is 4. The monoisotopic (exact) mass is 249 g/mol. The number of rotatable bonds is 2. The molecule has 6 heteroatoms. The largest absolute Gasteiger partial charge is 0.417 e.